The molecule has 0 saturated heterocycles. The van der Waals surface area contributed by atoms with E-state index in [-0.39, 0.29) is 17.1 Å². The molecule has 140 valence electrons. The van der Waals surface area contributed by atoms with E-state index in [9.17, 15) is 15.2 Å². The Morgan fingerprint density at radius 3 is 2.75 bits per heavy atom. The second-order valence-electron chi connectivity index (χ2n) is 5.93. The largest absolute Gasteiger partial charge is 0.503 e. The Morgan fingerprint density at radius 2 is 2.00 bits per heavy atom. The van der Waals surface area contributed by atoms with Gasteiger partial charge in [0.05, 0.1) is 11.1 Å². The van der Waals surface area contributed by atoms with Gasteiger partial charge in [-0.25, -0.2) is 0 Å². The second kappa shape index (κ2) is 8.59. The lowest BCUT2D eigenvalue weighted by atomic mass is 10.1. The molecule has 0 aromatic heterocycles. The molecular weight excluding hydrogens is 420 g/mol. The van der Waals surface area contributed by atoms with E-state index in [1.54, 1.807) is 25.1 Å². The fourth-order valence-electron chi connectivity index (χ4n) is 2.78. The third kappa shape index (κ3) is 4.16. The average molecular weight is 437 g/mol. The summed E-state index contributed by atoms with van der Waals surface area (Å²) in [6, 6.07) is 18.4. The highest BCUT2D eigenvalue weighted by Crippen LogP contribution is 2.36. The summed E-state index contributed by atoms with van der Waals surface area (Å²) >= 11 is 3.25. The lowest BCUT2D eigenvalue weighted by Gasteiger charge is -2.10. The number of rotatable bonds is 5. The molecule has 0 aliphatic rings. The van der Waals surface area contributed by atoms with Gasteiger partial charge in [0, 0.05) is 11.1 Å². The molecule has 0 bridgehead atoms. The number of hydrogen-bond donors (Lipinski definition) is 2. The third-order valence-corrected chi connectivity index (χ3v) is 4.67. The van der Waals surface area contributed by atoms with Crippen LogP contribution in [0.5, 0.6) is 11.5 Å². The first-order valence-electron chi connectivity index (χ1n) is 8.59. The molecule has 0 fully saturated rings. The zero-order valence-electron chi connectivity index (χ0n) is 15.1. The van der Waals surface area contributed by atoms with E-state index in [1.807, 2.05) is 42.5 Å². The number of halogens is 1. The maximum absolute atomic E-state index is 12.7. The summed E-state index contributed by atoms with van der Waals surface area (Å²) in [5.74, 6) is -0.270. The number of hydrogen-bond acceptors (Lipinski definition) is 4. The molecule has 0 saturated carbocycles. The van der Waals surface area contributed by atoms with Crippen molar-refractivity contribution in [2.24, 2.45) is 0 Å². The number of nitriles is 1. The van der Waals surface area contributed by atoms with Crippen molar-refractivity contribution in [2.75, 3.05) is 11.9 Å². The van der Waals surface area contributed by atoms with Crippen molar-refractivity contribution in [3.05, 3.63) is 70.2 Å². The van der Waals surface area contributed by atoms with Gasteiger partial charge < -0.3 is 15.2 Å². The number of aromatic hydroxyl groups is 1. The van der Waals surface area contributed by atoms with Gasteiger partial charge in [-0.15, -0.1) is 0 Å². The van der Waals surface area contributed by atoms with Crippen molar-refractivity contribution in [1.82, 2.24) is 0 Å². The maximum atomic E-state index is 12.7. The molecule has 1 amide bonds. The minimum Gasteiger partial charge on any atom is -0.503 e. The van der Waals surface area contributed by atoms with Crippen molar-refractivity contribution >= 4 is 44.4 Å². The number of nitrogens with zero attached hydrogens (tertiary/aromatic N) is 1. The van der Waals surface area contributed by atoms with Crippen LogP contribution in [0, 0.1) is 11.3 Å². The van der Waals surface area contributed by atoms with Crippen LogP contribution < -0.4 is 10.1 Å². The number of ether oxygens (including phenoxy) is 1. The van der Waals surface area contributed by atoms with Crippen molar-refractivity contribution in [1.29, 1.82) is 5.26 Å². The van der Waals surface area contributed by atoms with Crippen LogP contribution in [-0.2, 0) is 4.79 Å². The fourth-order valence-corrected chi connectivity index (χ4v) is 3.24. The predicted octanol–water partition coefficient (Wildman–Crippen LogP) is 5.25. The Kier molecular flexibility index (Phi) is 5.97. The Hall–Kier alpha value is -3.30. The van der Waals surface area contributed by atoms with Gasteiger partial charge in [-0.2, -0.15) is 5.26 Å². The Labute approximate surface area is 171 Å². The summed E-state index contributed by atoms with van der Waals surface area (Å²) in [6.45, 7) is 2.17. The average Bonchev–Trinajstić information content (AvgIpc) is 2.70. The number of amides is 1. The molecule has 3 rings (SSSR count). The number of phenolic OH excluding ortho intramolecular Hbond substituents is 1. The van der Waals surface area contributed by atoms with Gasteiger partial charge in [-0.1, -0.05) is 36.4 Å². The number of anilines is 1. The van der Waals surface area contributed by atoms with Gasteiger partial charge in [0.15, 0.2) is 11.5 Å². The maximum Gasteiger partial charge on any atom is 0.266 e. The molecule has 0 aliphatic heterocycles. The van der Waals surface area contributed by atoms with E-state index < -0.39 is 5.91 Å². The topological polar surface area (TPSA) is 82.3 Å². The summed E-state index contributed by atoms with van der Waals surface area (Å²) in [5.41, 5.74) is 1.12. The molecular formula is C22H17BrN2O3. The molecule has 28 heavy (non-hydrogen) atoms. The number of benzene rings is 3. The van der Waals surface area contributed by atoms with E-state index in [0.29, 0.717) is 22.3 Å². The summed E-state index contributed by atoms with van der Waals surface area (Å²) in [7, 11) is 0. The minimum atomic E-state index is -0.513. The standard InChI is InChI=1S/C22H17BrN2O3/c1-2-28-20-12-14(11-18(23)21(20)26)10-16(13-24)22(27)25-19-9-5-7-15-6-3-4-8-17(15)19/h3-12,26H,2H2,1H3,(H,25,27)/b16-10+. The smallest absolute Gasteiger partial charge is 0.266 e. The number of carbonyl (C=O) groups is 1. The molecule has 0 radical (unpaired) electrons. The van der Waals surface area contributed by atoms with Crippen LogP contribution in [0.15, 0.2) is 64.6 Å². The second-order valence-corrected chi connectivity index (χ2v) is 6.79. The zero-order valence-corrected chi connectivity index (χ0v) is 16.7. The third-order valence-electron chi connectivity index (χ3n) is 4.06. The molecule has 2 N–H and O–H groups in total. The van der Waals surface area contributed by atoms with Crippen molar-refractivity contribution < 1.29 is 14.6 Å². The molecule has 3 aromatic rings. The lowest BCUT2D eigenvalue weighted by Crippen LogP contribution is -2.13. The van der Waals surface area contributed by atoms with Crippen molar-refractivity contribution in [2.45, 2.75) is 6.92 Å². The van der Waals surface area contributed by atoms with E-state index >= 15 is 0 Å². The zero-order chi connectivity index (χ0) is 20.1. The highest BCUT2D eigenvalue weighted by atomic mass is 79.9. The molecule has 3 aromatic carbocycles. The summed E-state index contributed by atoms with van der Waals surface area (Å²) in [6.07, 6.45) is 1.45. The number of nitrogens with one attached hydrogen (secondary N) is 1. The molecule has 0 aliphatic carbocycles. The SMILES string of the molecule is CCOc1cc(/C=C(\C#N)C(=O)Nc2cccc3ccccc23)cc(Br)c1O. The highest BCUT2D eigenvalue weighted by Gasteiger charge is 2.13. The Bertz CT molecular complexity index is 1110. The number of fused-ring (bicyclic) bond motifs is 1. The van der Waals surface area contributed by atoms with Crippen LogP contribution >= 0.6 is 15.9 Å². The van der Waals surface area contributed by atoms with E-state index in [2.05, 4.69) is 21.2 Å². The lowest BCUT2D eigenvalue weighted by molar-refractivity contribution is -0.112. The minimum absolute atomic E-state index is 0.0299. The summed E-state index contributed by atoms with van der Waals surface area (Å²) in [4.78, 5) is 12.7. The Morgan fingerprint density at radius 1 is 1.25 bits per heavy atom. The van der Waals surface area contributed by atoms with Crippen LogP contribution in [-0.4, -0.2) is 17.6 Å². The summed E-state index contributed by atoms with van der Waals surface area (Å²) in [5, 5.41) is 24.2. The highest BCUT2D eigenvalue weighted by molar-refractivity contribution is 9.10. The van der Waals surface area contributed by atoms with Crippen molar-refractivity contribution in [3.8, 4) is 17.6 Å². The molecule has 5 nitrogen and oxygen atoms in total. The quantitative estimate of drug-likeness (QED) is 0.422. The van der Waals surface area contributed by atoms with Gasteiger partial charge in [-0.3, -0.25) is 4.79 Å². The van der Waals surface area contributed by atoms with Crippen LogP contribution in [0.25, 0.3) is 16.8 Å². The van der Waals surface area contributed by atoms with E-state index in [0.717, 1.165) is 10.8 Å². The van der Waals surface area contributed by atoms with Gasteiger partial charge in [0.1, 0.15) is 11.6 Å². The molecule has 6 heteroatoms. The molecule has 0 atom stereocenters. The normalized spacial score (nSPS) is 11.1. The van der Waals surface area contributed by atoms with Crippen molar-refractivity contribution in [3.63, 3.8) is 0 Å². The molecule has 0 unspecified atom stereocenters. The molecule has 0 spiro atoms. The first-order chi connectivity index (χ1) is 13.5. The van der Waals surface area contributed by atoms with Crippen LogP contribution in [0.3, 0.4) is 0 Å². The summed E-state index contributed by atoms with van der Waals surface area (Å²) < 4.78 is 5.80. The Balaban J connectivity index is 1.93. The van der Waals surface area contributed by atoms with Gasteiger partial charge >= 0.3 is 0 Å². The van der Waals surface area contributed by atoms with Crippen LogP contribution in [0.2, 0.25) is 0 Å². The number of carbonyl (C=O) groups excluding carboxylic acids is 1. The number of phenols is 1. The van der Waals surface area contributed by atoms with E-state index in [4.69, 9.17) is 4.74 Å². The van der Waals surface area contributed by atoms with E-state index in [1.165, 1.54) is 6.08 Å². The van der Waals surface area contributed by atoms with Gasteiger partial charge in [0.2, 0.25) is 0 Å². The van der Waals surface area contributed by atoms with Gasteiger partial charge in [0.25, 0.3) is 5.91 Å². The van der Waals surface area contributed by atoms with Gasteiger partial charge in [-0.05, 0) is 58.1 Å². The first-order valence-corrected chi connectivity index (χ1v) is 9.39. The monoisotopic (exact) mass is 436 g/mol. The predicted molar refractivity (Wildman–Crippen MR) is 113 cm³/mol. The van der Waals surface area contributed by atoms with Crippen LogP contribution in [0.1, 0.15) is 12.5 Å². The fraction of sp³-hybridized carbons (Fsp3) is 0.0909. The molecule has 0 heterocycles. The van der Waals surface area contributed by atoms with Crippen LogP contribution in [0.4, 0.5) is 5.69 Å². The first kappa shape index (κ1) is 19.5.